The molecular weight excluding hydrogens is 341 g/mol. The molecule has 0 heterocycles. The van der Waals surface area contributed by atoms with Crippen molar-refractivity contribution in [3.05, 3.63) is 35.4 Å². The van der Waals surface area contributed by atoms with Gasteiger partial charge in [-0.2, -0.15) is 13.2 Å². The number of rotatable bonds is 7. The van der Waals surface area contributed by atoms with Crippen LogP contribution < -0.4 is 11.1 Å². The largest absolute Gasteiger partial charge is 0.466 e. The standard InChI is InChI=1S/C16H19F3N2O4/c1-3-25-12(22)8-9(2)13(14(20)23)21-15(24)10-4-6-11(7-5-10)16(17,18)19/h4-7,9,13H,3,8H2,1-2H3,(H2,20,23)(H,21,24)/t9-,13+/m0/s1. The number of hydrogen-bond donors (Lipinski definition) is 2. The van der Waals surface area contributed by atoms with Gasteiger partial charge >= 0.3 is 12.1 Å². The number of benzene rings is 1. The summed E-state index contributed by atoms with van der Waals surface area (Å²) in [4.78, 5) is 35.1. The van der Waals surface area contributed by atoms with Crippen molar-refractivity contribution in [1.82, 2.24) is 5.32 Å². The Morgan fingerprint density at radius 3 is 2.20 bits per heavy atom. The van der Waals surface area contributed by atoms with E-state index in [-0.39, 0.29) is 18.6 Å². The molecule has 9 heteroatoms. The molecule has 0 aromatic heterocycles. The van der Waals surface area contributed by atoms with Gasteiger partial charge in [-0.25, -0.2) is 0 Å². The van der Waals surface area contributed by atoms with Crippen LogP contribution in [-0.4, -0.2) is 30.4 Å². The highest BCUT2D eigenvalue weighted by atomic mass is 19.4. The number of halogens is 3. The summed E-state index contributed by atoms with van der Waals surface area (Å²) in [5, 5.41) is 2.34. The molecule has 0 radical (unpaired) electrons. The summed E-state index contributed by atoms with van der Waals surface area (Å²) in [5.41, 5.74) is 4.28. The number of primary amides is 1. The van der Waals surface area contributed by atoms with Gasteiger partial charge in [-0.15, -0.1) is 0 Å². The number of carbonyl (C=O) groups is 3. The number of nitrogens with one attached hydrogen (secondary N) is 1. The highest BCUT2D eigenvalue weighted by Crippen LogP contribution is 2.29. The fourth-order valence-corrected chi connectivity index (χ4v) is 2.13. The SMILES string of the molecule is CCOC(=O)C[C@H](C)[C@@H](NC(=O)c1ccc(C(F)(F)F)cc1)C(N)=O. The van der Waals surface area contributed by atoms with Gasteiger partial charge in [0.2, 0.25) is 5.91 Å². The number of ether oxygens (including phenoxy) is 1. The minimum atomic E-state index is -4.51. The van der Waals surface area contributed by atoms with Gasteiger partial charge in [0.1, 0.15) is 6.04 Å². The van der Waals surface area contributed by atoms with E-state index in [0.717, 1.165) is 24.3 Å². The van der Waals surface area contributed by atoms with Crippen molar-refractivity contribution in [2.24, 2.45) is 11.7 Å². The van der Waals surface area contributed by atoms with Crippen LogP contribution in [0.3, 0.4) is 0 Å². The van der Waals surface area contributed by atoms with Crippen LogP contribution in [0, 0.1) is 5.92 Å². The lowest BCUT2D eigenvalue weighted by atomic mass is 9.97. The molecule has 0 bridgehead atoms. The van der Waals surface area contributed by atoms with Crippen LogP contribution in [0.15, 0.2) is 24.3 Å². The van der Waals surface area contributed by atoms with Crippen LogP contribution in [0.25, 0.3) is 0 Å². The first-order chi connectivity index (χ1) is 11.6. The maximum Gasteiger partial charge on any atom is 0.416 e. The molecule has 0 unspecified atom stereocenters. The number of esters is 1. The van der Waals surface area contributed by atoms with Crippen molar-refractivity contribution in [3.8, 4) is 0 Å². The number of amides is 2. The quantitative estimate of drug-likeness (QED) is 0.725. The Balaban J connectivity index is 2.82. The van der Waals surface area contributed by atoms with E-state index in [2.05, 4.69) is 5.32 Å². The number of alkyl halides is 3. The smallest absolute Gasteiger partial charge is 0.416 e. The van der Waals surface area contributed by atoms with Crippen molar-refractivity contribution in [3.63, 3.8) is 0 Å². The van der Waals surface area contributed by atoms with Crippen LogP contribution in [0.2, 0.25) is 0 Å². The molecule has 1 aromatic rings. The maximum atomic E-state index is 12.5. The van der Waals surface area contributed by atoms with Crippen LogP contribution in [0.5, 0.6) is 0 Å². The van der Waals surface area contributed by atoms with Gasteiger partial charge in [0.15, 0.2) is 0 Å². The lowest BCUT2D eigenvalue weighted by Gasteiger charge is -2.21. The third-order valence-corrected chi connectivity index (χ3v) is 3.43. The molecular formula is C16H19F3N2O4. The first-order valence-electron chi connectivity index (χ1n) is 7.49. The van der Waals surface area contributed by atoms with E-state index in [4.69, 9.17) is 10.5 Å². The van der Waals surface area contributed by atoms with E-state index >= 15 is 0 Å². The van der Waals surface area contributed by atoms with Crippen LogP contribution in [-0.2, 0) is 20.5 Å². The number of hydrogen-bond acceptors (Lipinski definition) is 4. The average Bonchev–Trinajstić information content (AvgIpc) is 2.51. The number of nitrogens with two attached hydrogens (primary N) is 1. The zero-order valence-electron chi connectivity index (χ0n) is 13.7. The monoisotopic (exact) mass is 360 g/mol. The highest BCUT2D eigenvalue weighted by Gasteiger charge is 2.31. The molecule has 3 N–H and O–H groups in total. The molecule has 0 aliphatic carbocycles. The number of carbonyl (C=O) groups excluding carboxylic acids is 3. The summed E-state index contributed by atoms with van der Waals surface area (Å²) in [6.45, 7) is 3.32. The molecule has 1 rings (SSSR count). The first kappa shape index (κ1) is 20.5. The molecule has 2 amide bonds. The molecule has 0 aliphatic rings. The Morgan fingerprint density at radius 2 is 1.76 bits per heavy atom. The normalized spacial score (nSPS) is 13.6. The van der Waals surface area contributed by atoms with Crippen molar-refractivity contribution >= 4 is 17.8 Å². The molecule has 0 saturated heterocycles. The molecule has 0 aliphatic heterocycles. The lowest BCUT2D eigenvalue weighted by Crippen LogP contribution is -2.49. The van der Waals surface area contributed by atoms with Gasteiger partial charge in [-0.1, -0.05) is 6.92 Å². The van der Waals surface area contributed by atoms with Crippen LogP contribution >= 0.6 is 0 Å². The summed E-state index contributed by atoms with van der Waals surface area (Å²) in [6, 6.07) is 2.34. The van der Waals surface area contributed by atoms with Crippen LogP contribution in [0.1, 0.15) is 36.2 Å². The van der Waals surface area contributed by atoms with Crippen molar-refractivity contribution < 1.29 is 32.3 Å². The zero-order chi connectivity index (χ0) is 19.2. The van der Waals surface area contributed by atoms with Gasteiger partial charge in [-0.3, -0.25) is 14.4 Å². The molecule has 138 valence electrons. The predicted molar refractivity (Wildman–Crippen MR) is 82.3 cm³/mol. The Bertz CT molecular complexity index is 629. The van der Waals surface area contributed by atoms with E-state index in [0.29, 0.717) is 0 Å². The minimum absolute atomic E-state index is 0.0671. The van der Waals surface area contributed by atoms with Crippen LogP contribution in [0.4, 0.5) is 13.2 Å². The van der Waals surface area contributed by atoms with Crippen molar-refractivity contribution in [2.75, 3.05) is 6.61 Å². The topological polar surface area (TPSA) is 98.5 Å². The highest BCUT2D eigenvalue weighted by molar-refractivity contribution is 5.97. The third kappa shape index (κ3) is 6.09. The Hall–Kier alpha value is -2.58. The van der Waals surface area contributed by atoms with Gasteiger partial charge in [0.05, 0.1) is 18.6 Å². The summed E-state index contributed by atoms with van der Waals surface area (Å²) < 4.78 is 42.3. The van der Waals surface area contributed by atoms with Gasteiger partial charge in [0.25, 0.3) is 5.91 Å². The average molecular weight is 360 g/mol. The fourth-order valence-electron chi connectivity index (χ4n) is 2.13. The summed E-state index contributed by atoms with van der Waals surface area (Å²) in [5.74, 6) is -2.83. The summed E-state index contributed by atoms with van der Waals surface area (Å²) in [6.07, 6.45) is -4.66. The third-order valence-electron chi connectivity index (χ3n) is 3.43. The first-order valence-corrected chi connectivity index (χ1v) is 7.49. The molecule has 1 aromatic carbocycles. The zero-order valence-corrected chi connectivity index (χ0v) is 13.7. The van der Waals surface area contributed by atoms with Crippen molar-refractivity contribution in [2.45, 2.75) is 32.5 Å². The predicted octanol–water partition coefficient (Wildman–Crippen LogP) is 1.88. The van der Waals surface area contributed by atoms with Crippen molar-refractivity contribution in [1.29, 1.82) is 0 Å². The lowest BCUT2D eigenvalue weighted by molar-refractivity contribution is -0.144. The fraction of sp³-hybridized carbons (Fsp3) is 0.438. The van der Waals surface area contributed by atoms with E-state index < -0.39 is 41.5 Å². The van der Waals surface area contributed by atoms with Gasteiger partial charge in [0, 0.05) is 5.56 Å². The van der Waals surface area contributed by atoms with E-state index in [1.54, 1.807) is 6.92 Å². The maximum absolute atomic E-state index is 12.5. The molecule has 2 atom stereocenters. The second-order valence-corrected chi connectivity index (χ2v) is 5.42. The molecule has 0 saturated carbocycles. The molecule has 6 nitrogen and oxygen atoms in total. The Morgan fingerprint density at radius 1 is 1.20 bits per heavy atom. The summed E-state index contributed by atoms with van der Waals surface area (Å²) >= 11 is 0. The minimum Gasteiger partial charge on any atom is -0.466 e. The van der Waals surface area contributed by atoms with E-state index in [9.17, 15) is 27.6 Å². The van der Waals surface area contributed by atoms with E-state index in [1.165, 1.54) is 6.92 Å². The molecule has 0 spiro atoms. The van der Waals surface area contributed by atoms with Gasteiger partial charge < -0.3 is 15.8 Å². The second kappa shape index (κ2) is 8.50. The Kier molecular flexibility index (Phi) is 6.96. The second-order valence-electron chi connectivity index (χ2n) is 5.42. The molecule has 25 heavy (non-hydrogen) atoms. The Labute approximate surface area is 142 Å². The van der Waals surface area contributed by atoms with Gasteiger partial charge in [-0.05, 0) is 37.1 Å². The molecule has 0 fully saturated rings. The van der Waals surface area contributed by atoms with E-state index in [1.807, 2.05) is 0 Å². The summed E-state index contributed by atoms with van der Waals surface area (Å²) in [7, 11) is 0.